The van der Waals surface area contributed by atoms with Crippen LogP contribution in [0.15, 0.2) is 18.2 Å². The number of anilines is 1. The lowest BCUT2D eigenvalue weighted by molar-refractivity contribution is 0.416. The van der Waals surface area contributed by atoms with Crippen molar-refractivity contribution in [2.45, 2.75) is 18.4 Å². The molecule has 0 saturated carbocycles. The smallest absolute Gasteiger partial charge is 0.142 e. The van der Waals surface area contributed by atoms with Crippen LogP contribution in [0.5, 0.6) is 5.75 Å². The number of hydrogen-bond acceptors (Lipinski definition) is 4. The first-order valence-electron chi connectivity index (χ1n) is 6.06. The maximum atomic E-state index is 5.82. The number of rotatable bonds is 4. The first-order chi connectivity index (χ1) is 8.24. The molecule has 4 heteroatoms. The molecule has 0 radical (unpaired) electrons. The van der Waals surface area contributed by atoms with Crippen molar-refractivity contribution in [3.8, 4) is 5.75 Å². The van der Waals surface area contributed by atoms with Crippen molar-refractivity contribution in [1.82, 2.24) is 10.6 Å². The number of likely N-dealkylation sites (N-methyl/N-ethyl adjacent to an activating group) is 1. The summed E-state index contributed by atoms with van der Waals surface area (Å²) < 4.78 is 5.26. The molecule has 0 bridgehead atoms. The largest absolute Gasteiger partial charge is 0.495 e. The number of ether oxygens (including phenoxy) is 1. The molecule has 1 heterocycles. The molecule has 17 heavy (non-hydrogen) atoms. The number of methoxy groups -OCH3 is 1. The highest BCUT2D eigenvalue weighted by Gasteiger charge is 2.25. The molecule has 94 valence electrons. The minimum atomic E-state index is 0.558. The van der Waals surface area contributed by atoms with Crippen molar-refractivity contribution in [2.75, 3.05) is 33.0 Å². The van der Waals surface area contributed by atoms with Gasteiger partial charge in [-0.15, -0.1) is 0 Å². The summed E-state index contributed by atoms with van der Waals surface area (Å²) in [6, 6.07) is 6.66. The summed E-state index contributed by atoms with van der Waals surface area (Å²) in [6.45, 7) is 2.04. The molecule has 1 aliphatic rings. The summed E-state index contributed by atoms with van der Waals surface area (Å²) in [6.07, 6.45) is 1.16. The second-order valence-corrected chi connectivity index (χ2v) is 4.60. The fraction of sp³-hybridized carbons (Fsp3) is 0.538. The van der Waals surface area contributed by atoms with Crippen LogP contribution in [0.4, 0.5) is 5.69 Å². The third kappa shape index (κ3) is 2.70. The van der Waals surface area contributed by atoms with Crippen LogP contribution in [0, 0.1) is 0 Å². The van der Waals surface area contributed by atoms with E-state index in [0.29, 0.717) is 17.6 Å². The summed E-state index contributed by atoms with van der Waals surface area (Å²) in [5, 5.41) is 6.73. The Bertz CT molecular complexity index is 381. The van der Waals surface area contributed by atoms with Crippen molar-refractivity contribution in [3.05, 3.63) is 23.8 Å². The van der Waals surface area contributed by atoms with Crippen molar-refractivity contribution in [1.29, 1.82) is 0 Å². The third-order valence-electron chi connectivity index (χ3n) is 3.40. The van der Waals surface area contributed by atoms with Crippen LogP contribution in [0.25, 0.3) is 0 Å². The van der Waals surface area contributed by atoms with Gasteiger partial charge < -0.3 is 21.1 Å². The Morgan fingerprint density at radius 1 is 1.53 bits per heavy atom. The minimum Gasteiger partial charge on any atom is -0.495 e. The molecule has 2 atom stereocenters. The highest BCUT2D eigenvalue weighted by Crippen LogP contribution is 2.30. The average Bonchev–Trinajstić information content (AvgIpc) is 2.79. The Labute approximate surface area is 103 Å². The Hall–Kier alpha value is -1.26. The van der Waals surface area contributed by atoms with Gasteiger partial charge in [-0.3, -0.25) is 0 Å². The van der Waals surface area contributed by atoms with Gasteiger partial charge in [0.15, 0.2) is 0 Å². The van der Waals surface area contributed by atoms with E-state index in [1.807, 2.05) is 13.1 Å². The molecule has 0 aromatic heterocycles. The molecule has 1 aromatic carbocycles. The fourth-order valence-electron chi connectivity index (χ4n) is 2.46. The van der Waals surface area contributed by atoms with Crippen LogP contribution in [0.1, 0.15) is 17.9 Å². The van der Waals surface area contributed by atoms with Gasteiger partial charge in [0.1, 0.15) is 5.75 Å². The molecule has 4 nitrogen and oxygen atoms in total. The minimum absolute atomic E-state index is 0.558. The number of nitrogens with one attached hydrogen (secondary N) is 2. The summed E-state index contributed by atoms with van der Waals surface area (Å²) >= 11 is 0. The van der Waals surface area contributed by atoms with Gasteiger partial charge in [-0.2, -0.15) is 0 Å². The lowest BCUT2D eigenvalue weighted by Crippen LogP contribution is -2.31. The maximum absolute atomic E-state index is 5.82. The zero-order valence-electron chi connectivity index (χ0n) is 10.5. The summed E-state index contributed by atoms with van der Waals surface area (Å²) in [5.74, 6) is 1.34. The van der Waals surface area contributed by atoms with Crippen LogP contribution < -0.4 is 21.1 Å². The molecule has 0 amide bonds. The van der Waals surface area contributed by atoms with Gasteiger partial charge in [0, 0.05) is 19.1 Å². The summed E-state index contributed by atoms with van der Waals surface area (Å²) in [4.78, 5) is 0. The van der Waals surface area contributed by atoms with E-state index in [2.05, 4.69) is 22.8 Å². The Kier molecular flexibility index (Phi) is 3.86. The van der Waals surface area contributed by atoms with Crippen LogP contribution in [-0.4, -0.2) is 33.3 Å². The predicted octanol–water partition coefficient (Wildman–Crippen LogP) is 0.942. The summed E-state index contributed by atoms with van der Waals surface area (Å²) in [7, 11) is 3.65. The molecular formula is C13H21N3O. The molecule has 4 N–H and O–H groups in total. The van der Waals surface area contributed by atoms with E-state index in [-0.39, 0.29) is 0 Å². The molecule has 2 rings (SSSR count). The molecule has 0 spiro atoms. The fourth-order valence-corrected chi connectivity index (χ4v) is 2.46. The lowest BCUT2D eigenvalue weighted by atomic mass is 9.96. The number of benzene rings is 1. The normalized spacial score (nSPS) is 23.9. The zero-order chi connectivity index (χ0) is 12.3. The second kappa shape index (κ2) is 5.38. The first-order valence-corrected chi connectivity index (χ1v) is 6.06. The highest BCUT2D eigenvalue weighted by atomic mass is 16.5. The van der Waals surface area contributed by atoms with Crippen molar-refractivity contribution in [2.24, 2.45) is 0 Å². The van der Waals surface area contributed by atoms with Gasteiger partial charge in [0.05, 0.1) is 12.8 Å². The van der Waals surface area contributed by atoms with Crippen molar-refractivity contribution >= 4 is 5.69 Å². The van der Waals surface area contributed by atoms with E-state index >= 15 is 0 Å². The molecular weight excluding hydrogens is 214 g/mol. The predicted molar refractivity (Wildman–Crippen MR) is 70.5 cm³/mol. The third-order valence-corrected chi connectivity index (χ3v) is 3.40. The Balaban J connectivity index is 2.08. The van der Waals surface area contributed by atoms with Crippen LogP contribution in [-0.2, 0) is 0 Å². The van der Waals surface area contributed by atoms with E-state index in [1.165, 1.54) is 5.56 Å². The molecule has 1 fully saturated rings. The maximum Gasteiger partial charge on any atom is 0.142 e. The zero-order valence-corrected chi connectivity index (χ0v) is 10.5. The standard InChI is InChI=1S/C13H21N3O/c1-15-8-11-5-10(7-16-11)9-3-4-12(14)13(6-9)17-2/h3-4,6,10-11,15-16H,5,7-8,14H2,1-2H3. The van der Waals surface area contributed by atoms with E-state index in [0.717, 1.165) is 25.3 Å². The van der Waals surface area contributed by atoms with Gasteiger partial charge in [-0.25, -0.2) is 0 Å². The van der Waals surface area contributed by atoms with E-state index in [9.17, 15) is 0 Å². The SMILES string of the molecule is CNCC1CC(c2ccc(N)c(OC)c2)CN1. The summed E-state index contributed by atoms with van der Waals surface area (Å²) in [5.41, 5.74) is 7.83. The van der Waals surface area contributed by atoms with E-state index in [4.69, 9.17) is 10.5 Å². The Morgan fingerprint density at radius 2 is 2.35 bits per heavy atom. The van der Waals surface area contributed by atoms with Crippen LogP contribution >= 0.6 is 0 Å². The average molecular weight is 235 g/mol. The number of nitrogens with two attached hydrogens (primary N) is 1. The number of hydrogen-bond donors (Lipinski definition) is 3. The lowest BCUT2D eigenvalue weighted by Gasteiger charge is -2.12. The van der Waals surface area contributed by atoms with Gasteiger partial charge >= 0.3 is 0 Å². The van der Waals surface area contributed by atoms with E-state index in [1.54, 1.807) is 7.11 Å². The van der Waals surface area contributed by atoms with Gasteiger partial charge in [-0.05, 0) is 37.1 Å². The molecule has 2 unspecified atom stereocenters. The van der Waals surface area contributed by atoms with Gasteiger partial charge in [0.2, 0.25) is 0 Å². The highest BCUT2D eigenvalue weighted by molar-refractivity contribution is 5.54. The van der Waals surface area contributed by atoms with Crippen molar-refractivity contribution in [3.63, 3.8) is 0 Å². The van der Waals surface area contributed by atoms with Crippen molar-refractivity contribution < 1.29 is 4.74 Å². The topological polar surface area (TPSA) is 59.3 Å². The first kappa shape index (κ1) is 12.2. The Morgan fingerprint density at radius 3 is 3.06 bits per heavy atom. The second-order valence-electron chi connectivity index (χ2n) is 4.60. The van der Waals surface area contributed by atoms with Crippen LogP contribution in [0.3, 0.4) is 0 Å². The van der Waals surface area contributed by atoms with E-state index < -0.39 is 0 Å². The van der Waals surface area contributed by atoms with Crippen LogP contribution in [0.2, 0.25) is 0 Å². The van der Waals surface area contributed by atoms with Gasteiger partial charge in [-0.1, -0.05) is 6.07 Å². The monoisotopic (exact) mass is 235 g/mol. The molecule has 1 aromatic rings. The molecule has 1 saturated heterocycles. The number of nitrogen functional groups attached to an aromatic ring is 1. The van der Waals surface area contributed by atoms with Gasteiger partial charge in [0.25, 0.3) is 0 Å². The molecule has 0 aliphatic carbocycles. The quantitative estimate of drug-likeness (QED) is 0.680. The molecule has 1 aliphatic heterocycles.